The lowest BCUT2D eigenvalue weighted by atomic mass is 9.77. The topological polar surface area (TPSA) is 34.1 Å². The molecule has 0 saturated heterocycles. The van der Waals surface area contributed by atoms with Gasteiger partial charge in [0.1, 0.15) is 11.6 Å². The maximum Gasteiger partial charge on any atom is 0.136 e. The van der Waals surface area contributed by atoms with E-state index in [1.54, 1.807) is 0 Å². The first kappa shape index (κ1) is 12.4. The quantitative estimate of drug-likeness (QED) is 0.698. The van der Waals surface area contributed by atoms with Crippen molar-refractivity contribution >= 4 is 11.6 Å². The average molecular weight is 210 g/mol. The van der Waals surface area contributed by atoms with Crippen molar-refractivity contribution in [1.29, 1.82) is 0 Å². The Morgan fingerprint density at radius 1 is 1.40 bits per heavy atom. The van der Waals surface area contributed by atoms with E-state index in [4.69, 9.17) is 0 Å². The standard InChI is InChI=1S/C13H22O2/c1-3-5-11(14)8-9-12-10(2)6-4-7-13(12)15/h10,12H,3-9H2,1-2H3/t10-,12+/m1/s1. The van der Waals surface area contributed by atoms with Gasteiger partial charge in [0.2, 0.25) is 0 Å². The summed E-state index contributed by atoms with van der Waals surface area (Å²) in [6, 6.07) is 0. The van der Waals surface area contributed by atoms with Gasteiger partial charge in [-0.1, -0.05) is 13.8 Å². The van der Waals surface area contributed by atoms with Crippen LogP contribution in [-0.2, 0) is 9.59 Å². The molecule has 0 aromatic heterocycles. The molecule has 86 valence electrons. The smallest absolute Gasteiger partial charge is 0.136 e. The summed E-state index contributed by atoms with van der Waals surface area (Å²) < 4.78 is 0. The molecule has 0 unspecified atom stereocenters. The lowest BCUT2D eigenvalue weighted by Gasteiger charge is -2.27. The summed E-state index contributed by atoms with van der Waals surface area (Å²) in [7, 11) is 0. The summed E-state index contributed by atoms with van der Waals surface area (Å²) in [6.45, 7) is 4.16. The van der Waals surface area contributed by atoms with Crippen molar-refractivity contribution < 1.29 is 9.59 Å². The van der Waals surface area contributed by atoms with Crippen LogP contribution in [0.3, 0.4) is 0 Å². The fourth-order valence-corrected chi connectivity index (χ4v) is 2.47. The molecule has 0 bridgehead atoms. The van der Waals surface area contributed by atoms with Crippen LogP contribution in [0.2, 0.25) is 0 Å². The second-order valence-corrected chi connectivity index (χ2v) is 4.77. The third-order valence-corrected chi connectivity index (χ3v) is 3.45. The Labute approximate surface area is 92.4 Å². The Morgan fingerprint density at radius 3 is 2.73 bits per heavy atom. The molecule has 2 atom stereocenters. The van der Waals surface area contributed by atoms with Gasteiger partial charge in [0.25, 0.3) is 0 Å². The van der Waals surface area contributed by atoms with Gasteiger partial charge in [-0.3, -0.25) is 9.59 Å². The lowest BCUT2D eigenvalue weighted by Crippen LogP contribution is -2.27. The molecule has 15 heavy (non-hydrogen) atoms. The van der Waals surface area contributed by atoms with E-state index in [0.29, 0.717) is 30.3 Å². The number of rotatable bonds is 5. The first-order chi connectivity index (χ1) is 7.15. The number of carbonyl (C=O) groups excluding carboxylic acids is 2. The van der Waals surface area contributed by atoms with Gasteiger partial charge in [0.15, 0.2) is 0 Å². The number of hydrogen-bond acceptors (Lipinski definition) is 2. The molecule has 1 aliphatic carbocycles. The minimum absolute atomic E-state index is 0.166. The molecule has 0 aromatic carbocycles. The summed E-state index contributed by atoms with van der Waals surface area (Å²) in [6.07, 6.45) is 5.92. The van der Waals surface area contributed by atoms with Gasteiger partial charge < -0.3 is 0 Å². The minimum Gasteiger partial charge on any atom is -0.300 e. The number of carbonyl (C=O) groups is 2. The van der Waals surface area contributed by atoms with Crippen LogP contribution in [0.4, 0.5) is 0 Å². The molecule has 0 aromatic rings. The van der Waals surface area contributed by atoms with Crippen LogP contribution < -0.4 is 0 Å². The maximum absolute atomic E-state index is 11.7. The van der Waals surface area contributed by atoms with Crippen LogP contribution in [0, 0.1) is 11.8 Å². The van der Waals surface area contributed by atoms with Crippen LogP contribution in [0.25, 0.3) is 0 Å². The van der Waals surface area contributed by atoms with Crippen LogP contribution in [0.5, 0.6) is 0 Å². The van der Waals surface area contributed by atoms with Crippen molar-refractivity contribution in [1.82, 2.24) is 0 Å². The van der Waals surface area contributed by atoms with Gasteiger partial charge >= 0.3 is 0 Å². The molecular formula is C13H22O2. The van der Waals surface area contributed by atoms with E-state index < -0.39 is 0 Å². The zero-order valence-electron chi connectivity index (χ0n) is 9.92. The highest BCUT2D eigenvalue weighted by molar-refractivity contribution is 5.83. The van der Waals surface area contributed by atoms with E-state index in [1.165, 1.54) is 0 Å². The fourth-order valence-electron chi connectivity index (χ4n) is 2.47. The molecule has 1 saturated carbocycles. The normalized spacial score (nSPS) is 26.7. The van der Waals surface area contributed by atoms with Crippen LogP contribution >= 0.6 is 0 Å². The molecule has 0 aliphatic heterocycles. The highest BCUT2D eigenvalue weighted by Crippen LogP contribution is 2.30. The van der Waals surface area contributed by atoms with Crippen LogP contribution in [0.1, 0.15) is 58.8 Å². The molecule has 0 heterocycles. The predicted octanol–water partition coefficient (Wildman–Crippen LogP) is 3.14. The van der Waals surface area contributed by atoms with E-state index in [-0.39, 0.29) is 5.92 Å². The Balaban J connectivity index is 2.35. The van der Waals surface area contributed by atoms with Crippen LogP contribution in [-0.4, -0.2) is 11.6 Å². The zero-order chi connectivity index (χ0) is 11.3. The first-order valence-electron chi connectivity index (χ1n) is 6.19. The third-order valence-electron chi connectivity index (χ3n) is 3.45. The van der Waals surface area contributed by atoms with Gasteiger partial charge in [-0.25, -0.2) is 0 Å². The molecule has 1 rings (SSSR count). The molecule has 2 heteroatoms. The van der Waals surface area contributed by atoms with E-state index in [2.05, 4.69) is 6.92 Å². The van der Waals surface area contributed by atoms with Gasteiger partial charge in [0.05, 0.1) is 0 Å². The molecule has 0 spiro atoms. The first-order valence-corrected chi connectivity index (χ1v) is 6.19. The maximum atomic E-state index is 11.7. The molecule has 1 fully saturated rings. The van der Waals surface area contributed by atoms with Crippen LogP contribution in [0.15, 0.2) is 0 Å². The molecule has 0 N–H and O–H groups in total. The van der Waals surface area contributed by atoms with Crippen molar-refractivity contribution in [3.63, 3.8) is 0 Å². The van der Waals surface area contributed by atoms with E-state index in [0.717, 1.165) is 32.1 Å². The lowest BCUT2D eigenvalue weighted by molar-refractivity contribution is -0.127. The Morgan fingerprint density at radius 2 is 2.13 bits per heavy atom. The number of Topliss-reactive ketones (excluding diaryl/α,β-unsaturated/α-hetero) is 2. The average Bonchev–Trinajstić information content (AvgIpc) is 2.17. The number of ketones is 2. The van der Waals surface area contributed by atoms with E-state index in [9.17, 15) is 9.59 Å². The van der Waals surface area contributed by atoms with Crippen molar-refractivity contribution in [3.05, 3.63) is 0 Å². The Bertz CT molecular complexity index is 233. The van der Waals surface area contributed by atoms with Gasteiger partial charge in [-0.2, -0.15) is 0 Å². The SMILES string of the molecule is CCCC(=O)CC[C@@H]1C(=O)CCC[C@H]1C. The second-order valence-electron chi connectivity index (χ2n) is 4.77. The highest BCUT2D eigenvalue weighted by Gasteiger charge is 2.28. The van der Waals surface area contributed by atoms with E-state index in [1.807, 2.05) is 6.92 Å². The Kier molecular flexibility index (Phi) is 5.00. The molecular weight excluding hydrogens is 188 g/mol. The van der Waals surface area contributed by atoms with Crippen molar-refractivity contribution in [2.75, 3.05) is 0 Å². The summed E-state index contributed by atoms with van der Waals surface area (Å²) in [4.78, 5) is 23.1. The minimum atomic E-state index is 0.166. The van der Waals surface area contributed by atoms with Crippen molar-refractivity contribution in [2.45, 2.75) is 58.8 Å². The predicted molar refractivity (Wildman–Crippen MR) is 60.7 cm³/mol. The molecule has 0 amide bonds. The summed E-state index contributed by atoms with van der Waals surface area (Å²) in [5.41, 5.74) is 0. The van der Waals surface area contributed by atoms with Crippen molar-refractivity contribution in [2.24, 2.45) is 11.8 Å². The molecule has 1 aliphatic rings. The third kappa shape index (κ3) is 3.77. The highest BCUT2D eigenvalue weighted by atomic mass is 16.1. The Hall–Kier alpha value is -0.660. The fraction of sp³-hybridized carbons (Fsp3) is 0.846. The number of hydrogen-bond donors (Lipinski definition) is 0. The zero-order valence-corrected chi connectivity index (χ0v) is 9.92. The second kappa shape index (κ2) is 6.04. The summed E-state index contributed by atoms with van der Waals surface area (Å²) >= 11 is 0. The molecule has 2 nitrogen and oxygen atoms in total. The van der Waals surface area contributed by atoms with Crippen molar-refractivity contribution in [3.8, 4) is 0 Å². The molecule has 0 radical (unpaired) electrons. The van der Waals surface area contributed by atoms with E-state index >= 15 is 0 Å². The monoisotopic (exact) mass is 210 g/mol. The largest absolute Gasteiger partial charge is 0.300 e. The van der Waals surface area contributed by atoms with Gasteiger partial charge in [-0.05, 0) is 31.6 Å². The van der Waals surface area contributed by atoms with Gasteiger partial charge in [0, 0.05) is 25.2 Å². The summed E-state index contributed by atoms with van der Waals surface area (Å²) in [5.74, 6) is 1.36. The van der Waals surface area contributed by atoms with Gasteiger partial charge in [-0.15, -0.1) is 0 Å². The summed E-state index contributed by atoms with van der Waals surface area (Å²) in [5, 5.41) is 0.